The summed E-state index contributed by atoms with van der Waals surface area (Å²) in [5.74, 6) is -0.413. The topological polar surface area (TPSA) is 75.4 Å². The predicted octanol–water partition coefficient (Wildman–Crippen LogP) is 2.88. The van der Waals surface area contributed by atoms with Crippen molar-refractivity contribution in [3.05, 3.63) is 28.8 Å². The fraction of sp³-hybridized carbons (Fsp3) is 0.533. The summed E-state index contributed by atoms with van der Waals surface area (Å²) < 4.78 is 0. The maximum absolute atomic E-state index is 11.7. The van der Waals surface area contributed by atoms with Gasteiger partial charge in [-0.2, -0.15) is 0 Å². The second kappa shape index (κ2) is 6.95. The van der Waals surface area contributed by atoms with Crippen LogP contribution in [0.15, 0.2) is 18.2 Å². The summed E-state index contributed by atoms with van der Waals surface area (Å²) in [6.45, 7) is 0. The number of benzene rings is 1. The molecule has 2 rings (SSSR count). The zero-order valence-electron chi connectivity index (χ0n) is 11.4. The van der Waals surface area contributed by atoms with Crippen molar-refractivity contribution in [2.75, 3.05) is 0 Å². The van der Waals surface area contributed by atoms with Crippen molar-refractivity contribution >= 4 is 17.5 Å². The second-order valence-corrected chi connectivity index (χ2v) is 5.81. The smallest absolute Gasteiger partial charge is 0.239 e. The molecule has 5 heteroatoms. The van der Waals surface area contributed by atoms with E-state index in [1.54, 1.807) is 12.1 Å². The highest BCUT2D eigenvalue weighted by molar-refractivity contribution is 6.32. The number of hydrogen-bond donors (Lipinski definition) is 3. The maximum Gasteiger partial charge on any atom is 0.239 e. The first-order valence-corrected chi connectivity index (χ1v) is 7.49. The van der Waals surface area contributed by atoms with Crippen LogP contribution in [0.5, 0.6) is 5.75 Å². The number of rotatable bonds is 4. The van der Waals surface area contributed by atoms with Gasteiger partial charge in [0, 0.05) is 6.04 Å². The van der Waals surface area contributed by atoms with Crippen molar-refractivity contribution in [2.45, 2.75) is 50.6 Å². The number of phenols is 1. The largest absolute Gasteiger partial charge is 0.506 e. The zero-order valence-corrected chi connectivity index (χ0v) is 12.2. The minimum Gasteiger partial charge on any atom is -0.506 e. The molecular weight excluding hydrogens is 276 g/mol. The molecule has 0 aliphatic heterocycles. The van der Waals surface area contributed by atoms with Crippen LogP contribution < -0.4 is 11.1 Å². The fourth-order valence-electron chi connectivity index (χ4n) is 2.73. The number of carbonyl (C=O) groups excluding carboxylic acids is 1. The molecule has 0 aromatic heterocycles. The van der Waals surface area contributed by atoms with Gasteiger partial charge in [0.1, 0.15) is 11.8 Å². The Kier molecular flexibility index (Phi) is 5.26. The molecule has 4 nitrogen and oxygen atoms in total. The third kappa shape index (κ3) is 3.87. The minimum atomic E-state index is -0.559. The molecule has 1 aliphatic carbocycles. The summed E-state index contributed by atoms with van der Waals surface area (Å²) in [6, 6.07) is 4.51. The fourth-order valence-corrected chi connectivity index (χ4v) is 2.92. The number of nitrogens with two attached hydrogens (primary N) is 1. The van der Waals surface area contributed by atoms with Gasteiger partial charge in [-0.25, -0.2) is 0 Å². The Balaban J connectivity index is 2.13. The number of primary amides is 1. The number of halogens is 1. The first-order valence-electron chi connectivity index (χ1n) is 7.11. The molecule has 1 aromatic carbocycles. The molecule has 1 aliphatic rings. The molecule has 0 heterocycles. The Labute approximate surface area is 124 Å². The van der Waals surface area contributed by atoms with E-state index in [0.717, 1.165) is 12.8 Å². The van der Waals surface area contributed by atoms with Crippen molar-refractivity contribution in [1.82, 2.24) is 5.32 Å². The third-order valence-corrected chi connectivity index (χ3v) is 4.15. The van der Waals surface area contributed by atoms with Gasteiger partial charge in [0.25, 0.3) is 0 Å². The van der Waals surface area contributed by atoms with E-state index < -0.39 is 11.9 Å². The molecule has 1 aromatic rings. The normalized spacial score (nSPS) is 18.4. The molecular formula is C15H21ClN2O2. The monoisotopic (exact) mass is 296 g/mol. The highest BCUT2D eigenvalue weighted by atomic mass is 35.5. The molecule has 20 heavy (non-hydrogen) atoms. The first kappa shape index (κ1) is 15.1. The predicted molar refractivity (Wildman–Crippen MR) is 79.7 cm³/mol. The first-order chi connectivity index (χ1) is 9.58. The van der Waals surface area contributed by atoms with Crippen LogP contribution in [-0.2, 0) is 4.79 Å². The molecule has 1 atom stereocenters. The van der Waals surface area contributed by atoms with Gasteiger partial charge in [-0.15, -0.1) is 0 Å². The second-order valence-electron chi connectivity index (χ2n) is 5.40. The molecule has 1 saturated carbocycles. The van der Waals surface area contributed by atoms with Crippen molar-refractivity contribution < 1.29 is 9.90 Å². The number of aromatic hydroxyl groups is 1. The van der Waals surface area contributed by atoms with Crippen LogP contribution in [-0.4, -0.2) is 17.1 Å². The van der Waals surface area contributed by atoms with Crippen molar-refractivity contribution in [3.63, 3.8) is 0 Å². The van der Waals surface area contributed by atoms with Crippen LogP contribution in [0.3, 0.4) is 0 Å². The standard InChI is InChI=1S/C15H21ClN2O2/c16-12-9-10(7-8-13(12)19)14(15(17)20)18-11-5-3-1-2-4-6-11/h7-9,11,14,18-19H,1-6H2,(H2,17,20). The zero-order chi connectivity index (χ0) is 14.5. The van der Waals surface area contributed by atoms with Crippen LogP contribution in [0.25, 0.3) is 0 Å². The van der Waals surface area contributed by atoms with E-state index in [9.17, 15) is 9.90 Å². The van der Waals surface area contributed by atoms with E-state index >= 15 is 0 Å². The van der Waals surface area contributed by atoms with Crippen molar-refractivity contribution in [1.29, 1.82) is 0 Å². The lowest BCUT2D eigenvalue weighted by Crippen LogP contribution is -2.39. The van der Waals surface area contributed by atoms with E-state index in [-0.39, 0.29) is 10.8 Å². The minimum absolute atomic E-state index is 0.00750. The van der Waals surface area contributed by atoms with Crippen LogP contribution in [0.4, 0.5) is 0 Å². The third-order valence-electron chi connectivity index (χ3n) is 3.85. The van der Waals surface area contributed by atoms with Gasteiger partial charge in [-0.3, -0.25) is 10.1 Å². The molecule has 4 N–H and O–H groups in total. The molecule has 0 bridgehead atoms. The average molecular weight is 297 g/mol. The number of carbonyl (C=O) groups is 1. The van der Waals surface area contributed by atoms with E-state index in [1.807, 2.05) is 0 Å². The lowest BCUT2D eigenvalue weighted by atomic mass is 10.0. The lowest BCUT2D eigenvalue weighted by molar-refractivity contribution is -0.120. The Morgan fingerprint density at radius 2 is 1.95 bits per heavy atom. The van der Waals surface area contributed by atoms with E-state index in [2.05, 4.69) is 5.32 Å². The van der Waals surface area contributed by atoms with E-state index in [1.165, 1.54) is 31.7 Å². The molecule has 0 spiro atoms. The van der Waals surface area contributed by atoms with Gasteiger partial charge < -0.3 is 10.8 Å². The quantitative estimate of drug-likeness (QED) is 0.748. The molecule has 0 saturated heterocycles. The van der Waals surface area contributed by atoms with Gasteiger partial charge in [0.2, 0.25) is 5.91 Å². The molecule has 1 amide bonds. The summed E-state index contributed by atoms with van der Waals surface area (Å²) in [7, 11) is 0. The summed E-state index contributed by atoms with van der Waals surface area (Å²) >= 11 is 5.90. The Bertz CT molecular complexity index is 471. The summed E-state index contributed by atoms with van der Waals surface area (Å²) in [5.41, 5.74) is 6.20. The molecule has 0 radical (unpaired) electrons. The van der Waals surface area contributed by atoms with Gasteiger partial charge in [-0.05, 0) is 30.5 Å². The van der Waals surface area contributed by atoms with Crippen LogP contribution >= 0.6 is 11.6 Å². The van der Waals surface area contributed by atoms with Crippen LogP contribution in [0.2, 0.25) is 5.02 Å². The van der Waals surface area contributed by atoms with Crippen molar-refractivity contribution in [2.24, 2.45) is 5.73 Å². The van der Waals surface area contributed by atoms with E-state index in [4.69, 9.17) is 17.3 Å². The summed E-state index contributed by atoms with van der Waals surface area (Å²) in [4.78, 5) is 11.7. The Morgan fingerprint density at radius 3 is 2.50 bits per heavy atom. The highest BCUT2D eigenvalue weighted by Gasteiger charge is 2.23. The summed E-state index contributed by atoms with van der Waals surface area (Å²) in [5, 5.41) is 13.0. The van der Waals surface area contributed by atoms with E-state index in [0.29, 0.717) is 11.6 Å². The summed E-state index contributed by atoms with van der Waals surface area (Å²) in [6.07, 6.45) is 7.00. The molecule has 110 valence electrons. The highest BCUT2D eigenvalue weighted by Crippen LogP contribution is 2.28. The SMILES string of the molecule is NC(=O)C(NC1CCCCCC1)c1ccc(O)c(Cl)c1. The average Bonchev–Trinajstić information content (AvgIpc) is 2.67. The van der Waals surface area contributed by atoms with Gasteiger partial charge in [0.15, 0.2) is 0 Å². The van der Waals surface area contributed by atoms with Gasteiger partial charge >= 0.3 is 0 Å². The Hall–Kier alpha value is -1.26. The molecule has 1 fully saturated rings. The molecule has 1 unspecified atom stereocenters. The number of phenolic OH excluding ortho intramolecular Hbond substituents is 1. The van der Waals surface area contributed by atoms with Gasteiger partial charge in [-0.1, -0.05) is 43.4 Å². The van der Waals surface area contributed by atoms with Crippen LogP contribution in [0.1, 0.15) is 50.1 Å². The number of hydrogen-bond acceptors (Lipinski definition) is 3. The lowest BCUT2D eigenvalue weighted by Gasteiger charge is -2.23. The number of nitrogens with one attached hydrogen (secondary N) is 1. The van der Waals surface area contributed by atoms with Crippen molar-refractivity contribution in [3.8, 4) is 5.75 Å². The Morgan fingerprint density at radius 1 is 1.30 bits per heavy atom. The van der Waals surface area contributed by atoms with Crippen LogP contribution in [0, 0.1) is 0 Å². The number of amides is 1. The van der Waals surface area contributed by atoms with Gasteiger partial charge in [0.05, 0.1) is 5.02 Å². The maximum atomic E-state index is 11.7.